The molecular formula is C18H17BrF2N2O2S. The van der Waals surface area contributed by atoms with Crippen LogP contribution in [0.2, 0.25) is 0 Å². The molecule has 0 aliphatic carbocycles. The summed E-state index contributed by atoms with van der Waals surface area (Å²) in [6.45, 7) is 1.76. The molecule has 138 valence electrons. The van der Waals surface area contributed by atoms with Crippen molar-refractivity contribution in [2.24, 2.45) is 0 Å². The fraction of sp³-hybridized carbons (Fsp3) is 0.222. The van der Waals surface area contributed by atoms with Gasteiger partial charge in [-0.1, -0.05) is 15.9 Å². The van der Waals surface area contributed by atoms with Crippen molar-refractivity contribution in [3.05, 3.63) is 58.1 Å². The number of rotatable bonds is 6. The van der Waals surface area contributed by atoms with Crippen LogP contribution in [-0.4, -0.2) is 36.1 Å². The van der Waals surface area contributed by atoms with E-state index in [-0.39, 0.29) is 24.1 Å². The molecule has 2 amide bonds. The molecule has 4 nitrogen and oxygen atoms in total. The van der Waals surface area contributed by atoms with Crippen LogP contribution < -0.4 is 5.32 Å². The molecule has 0 fully saturated rings. The van der Waals surface area contributed by atoms with Crippen LogP contribution in [0.1, 0.15) is 5.56 Å². The van der Waals surface area contributed by atoms with E-state index in [4.69, 9.17) is 0 Å². The third-order valence-electron chi connectivity index (χ3n) is 3.52. The lowest BCUT2D eigenvalue weighted by Gasteiger charge is -2.17. The number of anilines is 1. The number of hydrogen-bond donors (Lipinski definition) is 1. The molecule has 8 heteroatoms. The number of likely N-dealkylation sites (N-methyl/N-ethyl adjacent to an activating group) is 1. The monoisotopic (exact) mass is 442 g/mol. The van der Waals surface area contributed by atoms with Crippen LogP contribution in [0.15, 0.2) is 45.8 Å². The van der Waals surface area contributed by atoms with Gasteiger partial charge in [0.1, 0.15) is 0 Å². The minimum atomic E-state index is -0.958. The van der Waals surface area contributed by atoms with Gasteiger partial charge < -0.3 is 10.2 Å². The van der Waals surface area contributed by atoms with Crippen LogP contribution in [-0.2, 0) is 9.59 Å². The van der Waals surface area contributed by atoms with Crippen LogP contribution in [0.25, 0.3) is 0 Å². The SMILES string of the molecule is Cc1cc(Br)ccc1NC(=O)CN(C)C(=O)CSc1ccc(F)c(F)c1. The van der Waals surface area contributed by atoms with Crippen LogP contribution in [0.5, 0.6) is 0 Å². The van der Waals surface area contributed by atoms with E-state index in [0.717, 1.165) is 33.9 Å². The molecule has 0 radical (unpaired) electrons. The van der Waals surface area contributed by atoms with Crippen molar-refractivity contribution in [2.75, 3.05) is 24.7 Å². The van der Waals surface area contributed by atoms with Crippen molar-refractivity contribution >= 4 is 45.2 Å². The molecule has 0 aromatic heterocycles. The Balaban J connectivity index is 1.85. The topological polar surface area (TPSA) is 49.4 Å². The van der Waals surface area contributed by atoms with E-state index in [0.29, 0.717) is 10.6 Å². The molecule has 1 N–H and O–H groups in total. The Kier molecular flexibility index (Phi) is 7.16. The Morgan fingerprint density at radius 2 is 1.88 bits per heavy atom. The maximum absolute atomic E-state index is 13.2. The first-order valence-electron chi connectivity index (χ1n) is 7.64. The zero-order chi connectivity index (χ0) is 19.3. The van der Waals surface area contributed by atoms with Gasteiger partial charge in [-0.15, -0.1) is 11.8 Å². The summed E-state index contributed by atoms with van der Waals surface area (Å²) >= 11 is 4.43. The minimum absolute atomic E-state index is 0.0200. The van der Waals surface area contributed by atoms with Gasteiger partial charge in [0, 0.05) is 22.1 Å². The Labute approximate surface area is 163 Å². The van der Waals surface area contributed by atoms with Gasteiger partial charge in [-0.3, -0.25) is 9.59 Å². The summed E-state index contributed by atoms with van der Waals surface area (Å²) in [6, 6.07) is 8.92. The average molecular weight is 443 g/mol. The van der Waals surface area contributed by atoms with Crippen molar-refractivity contribution < 1.29 is 18.4 Å². The second kappa shape index (κ2) is 9.14. The Morgan fingerprint density at radius 3 is 2.54 bits per heavy atom. The van der Waals surface area contributed by atoms with E-state index < -0.39 is 11.6 Å². The second-order valence-corrected chi connectivity index (χ2v) is 7.59. The maximum Gasteiger partial charge on any atom is 0.243 e. The largest absolute Gasteiger partial charge is 0.336 e. The predicted octanol–water partition coefficient (Wildman–Crippen LogP) is 4.22. The fourth-order valence-corrected chi connectivity index (χ4v) is 3.42. The zero-order valence-corrected chi connectivity index (χ0v) is 16.6. The molecule has 2 aromatic rings. The highest BCUT2D eigenvalue weighted by Crippen LogP contribution is 2.21. The fourth-order valence-electron chi connectivity index (χ4n) is 2.08. The highest BCUT2D eigenvalue weighted by Gasteiger charge is 2.14. The molecule has 0 aliphatic heterocycles. The molecule has 0 atom stereocenters. The Bertz CT molecular complexity index is 833. The smallest absolute Gasteiger partial charge is 0.243 e. The molecule has 2 rings (SSSR count). The molecule has 0 saturated carbocycles. The van der Waals surface area contributed by atoms with Gasteiger partial charge in [-0.25, -0.2) is 8.78 Å². The van der Waals surface area contributed by atoms with Crippen molar-refractivity contribution in [3.63, 3.8) is 0 Å². The van der Waals surface area contributed by atoms with Gasteiger partial charge in [0.15, 0.2) is 11.6 Å². The van der Waals surface area contributed by atoms with Crippen molar-refractivity contribution in [3.8, 4) is 0 Å². The highest BCUT2D eigenvalue weighted by molar-refractivity contribution is 9.10. The lowest BCUT2D eigenvalue weighted by atomic mass is 10.2. The first-order chi connectivity index (χ1) is 12.3. The first kappa shape index (κ1) is 20.4. The summed E-state index contributed by atoms with van der Waals surface area (Å²) in [6.07, 6.45) is 0. The Morgan fingerprint density at radius 1 is 1.15 bits per heavy atom. The number of hydrogen-bond acceptors (Lipinski definition) is 3. The lowest BCUT2D eigenvalue weighted by Crippen LogP contribution is -2.36. The molecule has 0 spiro atoms. The summed E-state index contributed by atoms with van der Waals surface area (Å²) < 4.78 is 27.0. The molecule has 0 aliphatic rings. The maximum atomic E-state index is 13.2. The van der Waals surface area contributed by atoms with E-state index in [9.17, 15) is 18.4 Å². The van der Waals surface area contributed by atoms with E-state index >= 15 is 0 Å². The quantitative estimate of drug-likeness (QED) is 0.681. The normalized spacial score (nSPS) is 10.5. The van der Waals surface area contributed by atoms with Gasteiger partial charge in [-0.05, 0) is 48.9 Å². The number of carbonyl (C=O) groups excluding carboxylic acids is 2. The number of amides is 2. The molecule has 0 heterocycles. The molecule has 0 saturated heterocycles. The summed E-state index contributed by atoms with van der Waals surface area (Å²) in [5, 5.41) is 2.76. The third kappa shape index (κ3) is 5.81. The van der Waals surface area contributed by atoms with E-state index in [1.165, 1.54) is 18.0 Å². The number of carbonyl (C=O) groups is 2. The summed E-state index contributed by atoms with van der Waals surface area (Å²) in [5.41, 5.74) is 1.57. The molecule has 0 bridgehead atoms. The minimum Gasteiger partial charge on any atom is -0.336 e. The molecule has 0 unspecified atom stereocenters. The summed E-state index contributed by atoms with van der Waals surface area (Å²) in [7, 11) is 1.52. The van der Waals surface area contributed by atoms with Crippen LogP contribution in [0.3, 0.4) is 0 Å². The molecular weight excluding hydrogens is 426 g/mol. The number of nitrogens with zero attached hydrogens (tertiary/aromatic N) is 1. The lowest BCUT2D eigenvalue weighted by molar-refractivity contribution is -0.131. The second-order valence-electron chi connectivity index (χ2n) is 5.62. The van der Waals surface area contributed by atoms with Crippen molar-refractivity contribution in [1.29, 1.82) is 0 Å². The number of nitrogens with one attached hydrogen (secondary N) is 1. The first-order valence-corrected chi connectivity index (χ1v) is 9.42. The van der Waals surface area contributed by atoms with Gasteiger partial charge in [-0.2, -0.15) is 0 Å². The molecule has 2 aromatic carbocycles. The van der Waals surface area contributed by atoms with Gasteiger partial charge in [0.05, 0.1) is 12.3 Å². The number of thioether (sulfide) groups is 1. The van der Waals surface area contributed by atoms with Gasteiger partial charge >= 0.3 is 0 Å². The van der Waals surface area contributed by atoms with Crippen LogP contribution in [0.4, 0.5) is 14.5 Å². The number of halogens is 3. The van der Waals surface area contributed by atoms with E-state index in [1.54, 1.807) is 6.07 Å². The summed E-state index contributed by atoms with van der Waals surface area (Å²) in [4.78, 5) is 26.0. The predicted molar refractivity (Wildman–Crippen MR) is 102 cm³/mol. The van der Waals surface area contributed by atoms with Crippen molar-refractivity contribution in [2.45, 2.75) is 11.8 Å². The van der Waals surface area contributed by atoms with Gasteiger partial charge in [0.25, 0.3) is 0 Å². The average Bonchev–Trinajstić information content (AvgIpc) is 2.58. The number of aryl methyl sites for hydroxylation is 1. The van der Waals surface area contributed by atoms with E-state index in [2.05, 4.69) is 21.2 Å². The zero-order valence-electron chi connectivity index (χ0n) is 14.2. The standard InChI is InChI=1S/C18H17BrF2N2O2S/c1-11-7-12(19)3-6-16(11)22-17(24)9-23(2)18(25)10-26-13-4-5-14(20)15(21)8-13/h3-8H,9-10H2,1-2H3,(H,22,24). The summed E-state index contributed by atoms with van der Waals surface area (Å²) in [5.74, 6) is -2.48. The van der Waals surface area contributed by atoms with Crippen LogP contribution in [0, 0.1) is 18.6 Å². The van der Waals surface area contributed by atoms with Crippen LogP contribution >= 0.6 is 27.7 Å². The molecule has 26 heavy (non-hydrogen) atoms. The third-order valence-corrected chi connectivity index (χ3v) is 4.99. The van der Waals surface area contributed by atoms with E-state index in [1.807, 2.05) is 19.1 Å². The Hall–Kier alpha value is -1.93. The highest BCUT2D eigenvalue weighted by atomic mass is 79.9. The van der Waals surface area contributed by atoms with Gasteiger partial charge in [0.2, 0.25) is 11.8 Å². The number of benzene rings is 2. The van der Waals surface area contributed by atoms with Crippen molar-refractivity contribution in [1.82, 2.24) is 4.90 Å².